The second kappa shape index (κ2) is 5.98. The average molecular weight is 236 g/mol. The highest BCUT2D eigenvalue weighted by molar-refractivity contribution is 5.41. The predicted molar refractivity (Wildman–Crippen MR) is 67.0 cm³/mol. The number of pyridine rings is 1. The second-order valence-electron chi connectivity index (χ2n) is 4.32. The minimum atomic E-state index is 0.0743. The summed E-state index contributed by atoms with van der Waals surface area (Å²) in [6.45, 7) is 4.87. The SMILES string of the molecule is CCOC1CCN(c2cc(CO)ccn2)CC1. The van der Waals surface area contributed by atoms with Crippen LogP contribution >= 0.6 is 0 Å². The van der Waals surface area contributed by atoms with Crippen molar-refractivity contribution < 1.29 is 9.84 Å². The minimum absolute atomic E-state index is 0.0743. The number of aromatic nitrogens is 1. The molecule has 1 saturated heterocycles. The number of hydrogen-bond acceptors (Lipinski definition) is 4. The van der Waals surface area contributed by atoms with Gasteiger partial charge in [0.05, 0.1) is 12.7 Å². The number of nitrogens with zero attached hydrogens (tertiary/aromatic N) is 2. The monoisotopic (exact) mass is 236 g/mol. The first-order valence-corrected chi connectivity index (χ1v) is 6.25. The number of ether oxygens (including phenoxy) is 1. The fourth-order valence-corrected chi connectivity index (χ4v) is 2.22. The van der Waals surface area contributed by atoms with Crippen LogP contribution in [0.5, 0.6) is 0 Å². The number of hydrogen-bond donors (Lipinski definition) is 1. The Bertz CT molecular complexity index is 349. The van der Waals surface area contributed by atoms with Crippen molar-refractivity contribution in [2.75, 3.05) is 24.6 Å². The van der Waals surface area contributed by atoms with Crippen molar-refractivity contribution in [3.8, 4) is 0 Å². The average Bonchev–Trinajstić information content (AvgIpc) is 2.40. The van der Waals surface area contributed by atoms with Gasteiger partial charge in [-0.25, -0.2) is 4.98 Å². The van der Waals surface area contributed by atoms with Gasteiger partial charge in [-0.1, -0.05) is 0 Å². The molecule has 2 heterocycles. The molecule has 1 aromatic heterocycles. The van der Waals surface area contributed by atoms with Crippen LogP contribution in [0.3, 0.4) is 0 Å². The van der Waals surface area contributed by atoms with Crippen LogP contribution in [0.1, 0.15) is 25.3 Å². The van der Waals surface area contributed by atoms with E-state index >= 15 is 0 Å². The zero-order chi connectivity index (χ0) is 12.1. The van der Waals surface area contributed by atoms with E-state index in [-0.39, 0.29) is 6.61 Å². The number of aliphatic hydroxyl groups is 1. The summed E-state index contributed by atoms with van der Waals surface area (Å²) in [5, 5.41) is 9.11. The Morgan fingerprint density at radius 1 is 1.47 bits per heavy atom. The van der Waals surface area contributed by atoms with Crippen LogP contribution < -0.4 is 4.90 Å². The molecule has 17 heavy (non-hydrogen) atoms. The first kappa shape index (κ1) is 12.3. The lowest BCUT2D eigenvalue weighted by molar-refractivity contribution is 0.0458. The van der Waals surface area contributed by atoms with Gasteiger partial charge in [-0.15, -0.1) is 0 Å². The van der Waals surface area contributed by atoms with Crippen molar-refractivity contribution in [3.05, 3.63) is 23.9 Å². The van der Waals surface area contributed by atoms with E-state index in [1.807, 2.05) is 19.1 Å². The Balaban J connectivity index is 1.95. The van der Waals surface area contributed by atoms with Crippen LogP contribution in [0.4, 0.5) is 5.82 Å². The third kappa shape index (κ3) is 3.17. The summed E-state index contributed by atoms with van der Waals surface area (Å²) < 4.78 is 5.62. The molecule has 94 valence electrons. The van der Waals surface area contributed by atoms with Crippen LogP contribution in [0, 0.1) is 0 Å². The molecule has 0 atom stereocenters. The van der Waals surface area contributed by atoms with Crippen molar-refractivity contribution >= 4 is 5.82 Å². The molecule has 0 bridgehead atoms. The first-order chi connectivity index (χ1) is 8.33. The Hall–Kier alpha value is -1.13. The fourth-order valence-electron chi connectivity index (χ4n) is 2.22. The predicted octanol–water partition coefficient (Wildman–Crippen LogP) is 1.58. The lowest BCUT2D eigenvalue weighted by Gasteiger charge is -2.32. The van der Waals surface area contributed by atoms with Crippen LogP contribution in [0.25, 0.3) is 0 Å². The molecule has 0 aliphatic carbocycles. The van der Waals surface area contributed by atoms with Crippen molar-refractivity contribution in [3.63, 3.8) is 0 Å². The van der Waals surface area contributed by atoms with Gasteiger partial charge < -0.3 is 14.7 Å². The molecule has 0 spiro atoms. The topological polar surface area (TPSA) is 45.6 Å². The molecule has 2 rings (SSSR count). The van der Waals surface area contributed by atoms with Crippen LogP contribution in [-0.4, -0.2) is 35.9 Å². The summed E-state index contributed by atoms with van der Waals surface area (Å²) in [5.41, 5.74) is 0.918. The highest BCUT2D eigenvalue weighted by Crippen LogP contribution is 2.20. The van der Waals surface area contributed by atoms with Gasteiger partial charge in [0.25, 0.3) is 0 Å². The summed E-state index contributed by atoms with van der Waals surface area (Å²) >= 11 is 0. The van der Waals surface area contributed by atoms with Crippen molar-refractivity contribution in [1.82, 2.24) is 4.98 Å². The van der Waals surface area contributed by atoms with Crippen LogP contribution in [0.2, 0.25) is 0 Å². The molecule has 1 aliphatic heterocycles. The van der Waals surface area contributed by atoms with Gasteiger partial charge in [0.2, 0.25) is 0 Å². The van der Waals surface area contributed by atoms with Gasteiger partial charge in [0.1, 0.15) is 5.82 Å². The van der Waals surface area contributed by atoms with Gasteiger partial charge in [-0.05, 0) is 37.5 Å². The zero-order valence-corrected chi connectivity index (χ0v) is 10.3. The largest absolute Gasteiger partial charge is 0.392 e. The molecule has 1 aromatic rings. The normalized spacial score (nSPS) is 17.4. The van der Waals surface area contributed by atoms with Gasteiger partial charge in [-0.2, -0.15) is 0 Å². The van der Waals surface area contributed by atoms with E-state index in [1.165, 1.54) is 0 Å². The highest BCUT2D eigenvalue weighted by atomic mass is 16.5. The Morgan fingerprint density at radius 2 is 2.24 bits per heavy atom. The number of aliphatic hydroxyl groups excluding tert-OH is 1. The van der Waals surface area contributed by atoms with Gasteiger partial charge in [-0.3, -0.25) is 0 Å². The van der Waals surface area contributed by atoms with Gasteiger partial charge in [0.15, 0.2) is 0 Å². The van der Waals surface area contributed by atoms with Gasteiger partial charge in [0, 0.05) is 25.9 Å². The van der Waals surface area contributed by atoms with E-state index in [9.17, 15) is 0 Å². The number of rotatable bonds is 4. The first-order valence-electron chi connectivity index (χ1n) is 6.25. The molecular weight excluding hydrogens is 216 g/mol. The molecule has 1 fully saturated rings. The highest BCUT2D eigenvalue weighted by Gasteiger charge is 2.20. The number of anilines is 1. The van der Waals surface area contributed by atoms with Crippen LogP contribution in [-0.2, 0) is 11.3 Å². The van der Waals surface area contributed by atoms with Gasteiger partial charge >= 0.3 is 0 Å². The maximum absolute atomic E-state index is 9.11. The summed E-state index contributed by atoms with van der Waals surface area (Å²) in [6.07, 6.45) is 4.27. The second-order valence-corrected chi connectivity index (χ2v) is 4.32. The third-order valence-corrected chi connectivity index (χ3v) is 3.16. The quantitative estimate of drug-likeness (QED) is 0.862. The molecular formula is C13H20N2O2. The maximum atomic E-state index is 9.11. The summed E-state index contributed by atoms with van der Waals surface area (Å²) in [7, 11) is 0. The van der Waals surface area contributed by atoms with E-state index in [0.29, 0.717) is 6.10 Å². The summed E-state index contributed by atoms with van der Waals surface area (Å²) in [4.78, 5) is 6.61. The molecule has 1 N–H and O–H groups in total. The fraction of sp³-hybridized carbons (Fsp3) is 0.615. The summed E-state index contributed by atoms with van der Waals surface area (Å²) in [5.74, 6) is 0.964. The molecule has 0 aromatic carbocycles. The van der Waals surface area contributed by atoms with Crippen molar-refractivity contribution in [1.29, 1.82) is 0 Å². The van der Waals surface area contributed by atoms with E-state index in [4.69, 9.17) is 9.84 Å². The maximum Gasteiger partial charge on any atom is 0.128 e. The van der Waals surface area contributed by atoms with E-state index in [2.05, 4.69) is 9.88 Å². The minimum Gasteiger partial charge on any atom is -0.392 e. The lowest BCUT2D eigenvalue weighted by Crippen LogP contribution is -2.37. The molecule has 1 aliphatic rings. The van der Waals surface area contributed by atoms with E-state index in [0.717, 1.165) is 43.9 Å². The van der Waals surface area contributed by atoms with E-state index in [1.54, 1.807) is 6.20 Å². The standard InChI is InChI=1S/C13H20N2O2/c1-2-17-12-4-7-15(8-5-12)13-9-11(10-16)3-6-14-13/h3,6,9,12,16H,2,4-5,7-8,10H2,1H3. The van der Waals surface area contributed by atoms with Crippen LogP contribution in [0.15, 0.2) is 18.3 Å². The number of piperidine rings is 1. The summed E-state index contributed by atoms with van der Waals surface area (Å²) in [6, 6.07) is 3.80. The smallest absolute Gasteiger partial charge is 0.128 e. The Morgan fingerprint density at radius 3 is 2.88 bits per heavy atom. The molecule has 4 nitrogen and oxygen atoms in total. The van der Waals surface area contributed by atoms with Crippen molar-refractivity contribution in [2.24, 2.45) is 0 Å². The molecule has 0 amide bonds. The molecule has 0 radical (unpaired) electrons. The molecule has 0 unspecified atom stereocenters. The Labute approximate surface area is 102 Å². The zero-order valence-electron chi connectivity index (χ0n) is 10.3. The van der Waals surface area contributed by atoms with Crippen molar-refractivity contribution in [2.45, 2.75) is 32.5 Å². The molecule has 0 saturated carbocycles. The third-order valence-electron chi connectivity index (χ3n) is 3.16. The lowest BCUT2D eigenvalue weighted by atomic mass is 10.1. The Kier molecular flexibility index (Phi) is 4.34. The van der Waals surface area contributed by atoms with E-state index < -0.39 is 0 Å². The molecule has 4 heteroatoms.